The van der Waals surface area contributed by atoms with Crippen molar-refractivity contribution in [3.63, 3.8) is 0 Å². The second-order valence-corrected chi connectivity index (χ2v) is 4.18. The molecule has 0 aliphatic rings. The standard InChI is InChI=1S/C13H17N3O5/c1-3-21-12(19)8(2)15-13(20)16-10-5-4-9(14-7-10)6-11(17)18/h4-5,7-8H,3,6H2,1-2H3,(H,17,18)(H2,15,16,20). The molecule has 0 bridgehead atoms. The summed E-state index contributed by atoms with van der Waals surface area (Å²) < 4.78 is 4.76. The summed E-state index contributed by atoms with van der Waals surface area (Å²) in [7, 11) is 0. The van der Waals surface area contributed by atoms with Gasteiger partial charge < -0.3 is 20.5 Å². The monoisotopic (exact) mass is 295 g/mol. The number of esters is 1. The molecule has 0 aliphatic heterocycles. The lowest BCUT2D eigenvalue weighted by atomic mass is 10.2. The van der Waals surface area contributed by atoms with E-state index >= 15 is 0 Å². The van der Waals surface area contributed by atoms with Gasteiger partial charge in [0, 0.05) is 0 Å². The van der Waals surface area contributed by atoms with Crippen molar-refractivity contribution in [2.45, 2.75) is 26.3 Å². The minimum Gasteiger partial charge on any atom is -0.481 e. The first-order valence-electron chi connectivity index (χ1n) is 6.33. The molecule has 0 aliphatic carbocycles. The van der Waals surface area contributed by atoms with E-state index in [0.29, 0.717) is 11.4 Å². The number of urea groups is 1. The van der Waals surface area contributed by atoms with Crippen LogP contribution in [0.5, 0.6) is 0 Å². The van der Waals surface area contributed by atoms with Crippen molar-refractivity contribution in [3.05, 3.63) is 24.0 Å². The average molecular weight is 295 g/mol. The van der Waals surface area contributed by atoms with E-state index in [0.717, 1.165) is 0 Å². The van der Waals surface area contributed by atoms with Crippen LogP contribution in [0.2, 0.25) is 0 Å². The predicted molar refractivity (Wildman–Crippen MR) is 73.8 cm³/mol. The largest absolute Gasteiger partial charge is 0.481 e. The molecule has 0 spiro atoms. The molecule has 0 aromatic carbocycles. The van der Waals surface area contributed by atoms with Crippen LogP contribution in [-0.4, -0.2) is 40.7 Å². The number of carbonyl (C=O) groups excluding carboxylic acids is 2. The second kappa shape index (κ2) is 7.83. The van der Waals surface area contributed by atoms with Crippen molar-refractivity contribution in [1.82, 2.24) is 10.3 Å². The number of pyridine rings is 1. The molecule has 21 heavy (non-hydrogen) atoms. The Morgan fingerprint density at radius 1 is 1.38 bits per heavy atom. The topological polar surface area (TPSA) is 118 Å². The first-order valence-corrected chi connectivity index (χ1v) is 6.33. The Kier molecular flexibility index (Phi) is 6.12. The van der Waals surface area contributed by atoms with Gasteiger partial charge in [0.05, 0.1) is 30.6 Å². The predicted octanol–water partition coefficient (Wildman–Crippen LogP) is 0.782. The number of carbonyl (C=O) groups is 3. The van der Waals surface area contributed by atoms with E-state index in [9.17, 15) is 14.4 Å². The lowest BCUT2D eigenvalue weighted by Gasteiger charge is -2.13. The molecule has 1 unspecified atom stereocenters. The Hall–Kier alpha value is -2.64. The number of hydrogen-bond acceptors (Lipinski definition) is 5. The first-order chi connectivity index (χ1) is 9.92. The number of anilines is 1. The number of aliphatic carboxylic acids is 1. The van der Waals surface area contributed by atoms with Crippen molar-refractivity contribution < 1.29 is 24.2 Å². The van der Waals surface area contributed by atoms with E-state index in [2.05, 4.69) is 15.6 Å². The van der Waals surface area contributed by atoms with E-state index in [4.69, 9.17) is 9.84 Å². The minimum absolute atomic E-state index is 0.188. The summed E-state index contributed by atoms with van der Waals surface area (Å²) in [6.07, 6.45) is 1.15. The van der Waals surface area contributed by atoms with Gasteiger partial charge in [-0.2, -0.15) is 0 Å². The molecule has 8 heteroatoms. The quantitative estimate of drug-likeness (QED) is 0.668. The van der Waals surface area contributed by atoms with E-state index in [-0.39, 0.29) is 13.0 Å². The van der Waals surface area contributed by atoms with Crippen LogP contribution in [0.15, 0.2) is 18.3 Å². The van der Waals surface area contributed by atoms with Crippen LogP contribution in [0.3, 0.4) is 0 Å². The van der Waals surface area contributed by atoms with Gasteiger partial charge in [0.25, 0.3) is 0 Å². The van der Waals surface area contributed by atoms with Gasteiger partial charge in [0.15, 0.2) is 0 Å². The molecule has 8 nitrogen and oxygen atoms in total. The summed E-state index contributed by atoms with van der Waals surface area (Å²) in [5, 5.41) is 13.5. The molecule has 0 saturated heterocycles. The maximum atomic E-state index is 11.6. The van der Waals surface area contributed by atoms with Crippen molar-refractivity contribution >= 4 is 23.7 Å². The molecular formula is C13H17N3O5. The summed E-state index contributed by atoms with van der Waals surface area (Å²) in [6.45, 7) is 3.42. The summed E-state index contributed by atoms with van der Waals surface area (Å²) in [5.41, 5.74) is 0.769. The van der Waals surface area contributed by atoms with Gasteiger partial charge in [-0.1, -0.05) is 0 Å². The van der Waals surface area contributed by atoms with Gasteiger partial charge in [-0.05, 0) is 26.0 Å². The lowest BCUT2D eigenvalue weighted by Crippen LogP contribution is -2.41. The van der Waals surface area contributed by atoms with E-state index in [1.165, 1.54) is 25.3 Å². The highest BCUT2D eigenvalue weighted by Crippen LogP contribution is 2.06. The molecule has 0 saturated carbocycles. The van der Waals surface area contributed by atoms with E-state index in [1.54, 1.807) is 6.92 Å². The number of aromatic nitrogens is 1. The zero-order chi connectivity index (χ0) is 15.8. The Morgan fingerprint density at radius 3 is 2.62 bits per heavy atom. The van der Waals surface area contributed by atoms with Crippen LogP contribution in [0, 0.1) is 0 Å². The molecule has 2 amide bonds. The molecule has 114 valence electrons. The number of hydrogen-bond donors (Lipinski definition) is 3. The number of carboxylic acids is 1. The third-order valence-corrected chi connectivity index (χ3v) is 2.40. The number of nitrogens with one attached hydrogen (secondary N) is 2. The normalized spacial score (nSPS) is 11.3. The summed E-state index contributed by atoms with van der Waals surface area (Å²) in [4.78, 5) is 37.4. The highest BCUT2D eigenvalue weighted by Gasteiger charge is 2.16. The summed E-state index contributed by atoms with van der Waals surface area (Å²) in [6, 6.07) is 1.67. The second-order valence-electron chi connectivity index (χ2n) is 4.18. The molecular weight excluding hydrogens is 278 g/mol. The highest BCUT2D eigenvalue weighted by molar-refractivity contribution is 5.92. The van der Waals surface area contributed by atoms with Crippen molar-refractivity contribution in [1.29, 1.82) is 0 Å². The number of amides is 2. The molecule has 1 rings (SSSR count). The molecule has 0 fully saturated rings. The fourth-order valence-electron chi connectivity index (χ4n) is 1.45. The van der Waals surface area contributed by atoms with Gasteiger partial charge in [0.1, 0.15) is 6.04 Å². The van der Waals surface area contributed by atoms with Gasteiger partial charge in [-0.25, -0.2) is 9.59 Å². The fraction of sp³-hybridized carbons (Fsp3) is 0.385. The van der Waals surface area contributed by atoms with Gasteiger partial charge >= 0.3 is 18.0 Å². The average Bonchev–Trinajstić information content (AvgIpc) is 2.40. The maximum Gasteiger partial charge on any atom is 0.328 e. The molecule has 1 aromatic rings. The van der Waals surface area contributed by atoms with Crippen molar-refractivity contribution in [3.8, 4) is 0 Å². The third-order valence-electron chi connectivity index (χ3n) is 2.40. The smallest absolute Gasteiger partial charge is 0.328 e. The number of carboxylic acid groups (broad SMARTS) is 1. The first kappa shape index (κ1) is 16.4. The molecule has 1 heterocycles. The summed E-state index contributed by atoms with van der Waals surface area (Å²) in [5.74, 6) is -1.51. The Labute approximate surface area is 121 Å². The molecule has 1 atom stereocenters. The SMILES string of the molecule is CCOC(=O)C(C)NC(=O)Nc1ccc(CC(=O)O)nc1. The van der Waals surface area contributed by atoms with Gasteiger partial charge in [-0.3, -0.25) is 9.78 Å². The Bertz CT molecular complexity index is 515. The Morgan fingerprint density at radius 2 is 2.10 bits per heavy atom. The lowest BCUT2D eigenvalue weighted by molar-refractivity contribution is -0.144. The third kappa shape index (κ3) is 5.89. The maximum absolute atomic E-state index is 11.6. The zero-order valence-corrected chi connectivity index (χ0v) is 11.8. The van der Waals surface area contributed by atoms with Crippen LogP contribution in [0.4, 0.5) is 10.5 Å². The highest BCUT2D eigenvalue weighted by atomic mass is 16.5. The van der Waals surface area contributed by atoms with Crippen LogP contribution in [0.1, 0.15) is 19.5 Å². The van der Waals surface area contributed by atoms with Crippen LogP contribution >= 0.6 is 0 Å². The fourth-order valence-corrected chi connectivity index (χ4v) is 1.45. The number of nitrogens with zero attached hydrogens (tertiary/aromatic N) is 1. The molecule has 0 radical (unpaired) electrons. The van der Waals surface area contributed by atoms with Crippen LogP contribution in [-0.2, 0) is 20.7 Å². The summed E-state index contributed by atoms with van der Waals surface area (Å²) >= 11 is 0. The van der Waals surface area contributed by atoms with E-state index < -0.39 is 24.0 Å². The van der Waals surface area contributed by atoms with Crippen LogP contribution in [0.25, 0.3) is 0 Å². The van der Waals surface area contributed by atoms with Gasteiger partial charge in [-0.15, -0.1) is 0 Å². The van der Waals surface area contributed by atoms with Gasteiger partial charge in [0.2, 0.25) is 0 Å². The Balaban J connectivity index is 2.51. The van der Waals surface area contributed by atoms with Crippen LogP contribution < -0.4 is 10.6 Å². The zero-order valence-electron chi connectivity index (χ0n) is 11.8. The molecule has 1 aromatic heterocycles. The van der Waals surface area contributed by atoms with Crippen molar-refractivity contribution in [2.75, 3.05) is 11.9 Å². The number of rotatable bonds is 6. The number of ether oxygens (including phenoxy) is 1. The minimum atomic E-state index is -0.982. The van der Waals surface area contributed by atoms with E-state index in [1.807, 2.05) is 0 Å². The van der Waals surface area contributed by atoms with Crippen molar-refractivity contribution in [2.24, 2.45) is 0 Å². The molecule has 3 N–H and O–H groups in total.